The molecular formula is C21H18N2O6S2. The van der Waals surface area contributed by atoms with Crippen molar-refractivity contribution in [3.63, 3.8) is 0 Å². The molecule has 4 rings (SSSR count). The summed E-state index contributed by atoms with van der Waals surface area (Å²) in [5, 5.41) is 12.3. The van der Waals surface area contributed by atoms with Crippen LogP contribution in [0.5, 0.6) is 0 Å². The second-order valence-electron chi connectivity index (χ2n) is 7.14. The van der Waals surface area contributed by atoms with Gasteiger partial charge >= 0.3 is 11.0 Å². The molecule has 0 saturated carbocycles. The quantitative estimate of drug-likeness (QED) is 0.312. The minimum atomic E-state index is -3.88. The van der Waals surface area contributed by atoms with E-state index in [0.717, 1.165) is 16.9 Å². The highest BCUT2D eigenvalue weighted by atomic mass is 32.2. The maximum atomic E-state index is 13.3. The Morgan fingerprint density at radius 2 is 2.00 bits per heavy atom. The number of esters is 1. The predicted molar refractivity (Wildman–Crippen MR) is 116 cm³/mol. The van der Waals surface area contributed by atoms with Gasteiger partial charge < -0.3 is 4.74 Å². The van der Waals surface area contributed by atoms with Crippen LogP contribution in [0.4, 0.5) is 10.7 Å². The molecule has 1 aromatic heterocycles. The number of nitrogens with zero attached hydrogens (tertiary/aromatic N) is 2. The van der Waals surface area contributed by atoms with E-state index in [4.69, 9.17) is 4.74 Å². The predicted octanol–water partition coefficient (Wildman–Crippen LogP) is 4.15. The first-order valence-corrected chi connectivity index (χ1v) is 11.7. The van der Waals surface area contributed by atoms with Crippen molar-refractivity contribution in [1.29, 1.82) is 0 Å². The molecule has 0 amide bonds. The second-order valence-corrected chi connectivity index (χ2v) is 9.84. The van der Waals surface area contributed by atoms with E-state index in [1.54, 1.807) is 17.5 Å². The lowest BCUT2D eigenvalue weighted by Crippen LogP contribution is -2.35. The number of ether oxygens (including phenoxy) is 1. The lowest BCUT2D eigenvalue weighted by atomic mass is 10.1. The van der Waals surface area contributed by atoms with Gasteiger partial charge in [-0.05, 0) is 43.2 Å². The van der Waals surface area contributed by atoms with Gasteiger partial charge in [-0.2, -0.15) is 0 Å². The van der Waals surface area contributed by atoms with Crippen LogP contribution >= 0.6 is 11.3 Å². The molecule has 2 heterocycles. The number of hydrogen-bond donors (Lipinski definition) is 0. The van der Waals surface area contributed by atoms with Gasteiger partial charge in [0, 0.05) is 23.1 Å². The van der Waals surface area contributed by atoms with E-state index in [1.807, 2.05) is 19.1 Å². The fourth-order valence-electron chi connectivity index (χ4n) is 3.57. The summed E-state index contributed by atoms with van der Waals surface area (Å²) in [6.07, 6.45) is 0.615. The van der Waals surface area contributed by atoms with Gasteiger partial charge in [-0.1, -0.05) is 35.6 Å². The molecule has 31 heavy (non-hydrogen) atoms. The standard InChI is InChI=1S/C21H18N2O6S2/c1-14-9-16-5-2-3-8-19(16)22(14)31(27,28)18-7-4-6-17(11-18)21(24)29-12-15-10-20(23(25)26)30-13-15/h2-8,10-11,13-14H,9,12H2,1H3. The Morgan fingerprint density at radius 3 is 2.74 bits per heavy atom. The number of rotatable bonds is 6. The number of benzene rings is 2. The second kappa shape index (κ2) is 8.12. The normalized spacial score (nSPS) is 15.5. The average molecular weight is 459 g/mol. The molecule has 0 bridgehead atoms. The highest BCUT2D eigenvalue weighted by Gasteiger charge is 2.36. The van der Waals surface area contributed by atoms with Crippen LogP contribution < -0.4 is 4.31 Å². The van der Waals surface area contributed by atoms with Crippen LogP contribution in [-0.4, -0.2) is 25.4 Å². The van der Waals surface area contributed by atoms with E-state index < -0.39 is 20.9 Å². The number of carbonyl (C=O) groups is 1. The molecule has 1 unspecified atom stereocenters. The van der Waals surface area contributed by atoms with E-state index >= 15 is 0 Å². The first kappa shape index (κ1) is 21.0. The zero-order valence-corrected chi connectivity index (χ0v) is 18.1. The van der Waals surface area contributed by atoms with E-state index in [0.29, 0.717) is 17.7 Å². The summed E-state index contributed by atoms with van der Waals surface area (Å²) in [5.74, 6) is -0.708. The third-order valence-electron chi connectivity index (χ3n) is 4.96. The third kappa shape index (κ3) is 4.04. The molecule has 1 atom stereocenters. The Bertz CT molecular complexity index is 1270. The van der Waals surface area contributed by atoms with Gasteiger partial charge in [-0.15, -0.1) is 0 Å². The van der Waals surface area contributed by atoms with Gasteiger partial charge in [0.1, 0.15) is 6.61 Å². The summed E-state index contributed by atoms with van der Waals surface area (Å²) < 4.78 is 33.3. The topological polar surface area (TPSA) is 107 Å². The molecule has 2 aromatic carbocycles. The van der Waals surface area contributed by atoms with Gasteiger partial charge in [0.2, 0.25) is 0 Å². The highest BCUT2D eigenvalue weighted by Crippen LogP contribution is 2.36. The fraction of sp³-hybridized carbons (Fsp3) is 0.190. The number of carbonyl (C=O) groups excluding carboxylic acids is 1. The van der Waals surface area contributed by atoms with Crippen LogP contribution in [0.3, 0.4) is 0 Å². The lowest BCUT2D eigenvalue weighted by molar-refractivity contribution is -0.380. The summed E-state index contributed by atoms with van der Waals surface area (Å²) in [6.45, 7) is 1.70. The van der Waals surface area contributed by atoms with Crippen molar-refractivity contribution >= 4 is 38.0 Å². The molecule has 0 radical (unpaired) electrons. The van der Waals surface area contributed by atoms with Crippen molar-refractivity contribution in [2.24, 2.45) is 0 Å². The zero-order chi connectivity index (χ0) is 22.2. The Kier molecular flexibility index (Phi) is 5.50. The summed E-state index contributed by atoms with van der Waals surface area (Å²) in [6, 6.07) is 14.1. The zero-order valence-electron chi connectivity index (χ0n) is 16.4. The monoisotopic (exact) mass is 458 g/mol. The molecule has 0 spiro atoms. The molecule has 10 heteroatoms. The summed E-state index contributed by atoms with van der Waals surface area (Å²) in [5.41, 5.74) is 2.18. The first-order chi connectivity index (χ1) is 14.8. The smallest absolute Gasteiger partial charge is 0.338 e. The van der Waals surface area contributed by atoms with E-state index in [2.05, 4.69) is 0 Å². The minimum absolute atomic E-state index is 0.00308. The Morgan fingerprint density at radius 1 is 1.23 bits per heavy atom. The van der Waals surface area contributed by atoms with Crippen LogP contribution in [0.15, 0.2) is 64.9 Å². The molecule has 0 fully saturated rings. The third-order valence-corrected chi connectivity index (χ3v) is 7.81. The molecule has 1 aliphatic heterocycles. The number of anilines is 1. The van der Waals surface area contributed by atoms with E-state index in [9.17, 15) is 23.3 Å². The van der Waals surface area contributed by atoms with Crippen LogP contribution in [0, 0.1) is 10.1 Å². The SMILES string of the molecule is CC1Cc2ccccc2N1S(=O)(=O)c1cccc(C(=O)OCc2csc([N+](=O)[O-])c2)c1. The van der Waals surface area contributed by atoms with Crippen molar-refractivity contribution in [2.75, 3.05) is 4.31 Å². The number of para-hydroxylation sites is 1. The lowest BCUT2D eigenvalue weighted by Gasteiger charge is -2.24. The Labute approximate surface area is 182 Å². The maximum Gasteiger partial charge on any atom is 0.338 e. The molecule has 8 nitrogen and oxygen atoms in total. The van der Waals surface area contributed by atoms with Crippen LogP contribution in [-0.2, 0) is 27.8 Å². The van der Waals surface area contributed by atoms with Crippen molar-refractivity contribution in [3.05, 3.63) is 86.8 Å². The van der Waals surface area contributed by atoms with E-state index in [-0.39, 0.29) is 28.1 Å². The number of nitro groups is 1. The number of fused-ring (bicyclic) bond motifs is 1. The molecule has 0 N–H and O–H groups in total. The van der Waals surface area contributed by atoms with Gasteiger partial charge in [-0.25, -0.2) is 13.2 Å². The van der Waals surface area contributed by atoms with E-state index in [1.165, 1.54) is 34.6 Å². The molecule has 0 aliphatic carbocycles. The van der Waals surface area contributed by atoms with Crippen LogP contribution in [0.1, 0.15) is 28.4 Å². The van der Waals surface area contributed by atoms with Gasteiger partial charge in [0.15, 0.2) is 0 Å². The van der Waals surface area contributed by atoms with Crippen molar-refractivity contribution in [2.45, 2.75) is 30.9 Å². The largest absolute Gasteiger partial charge is 0.457 e. The van der Waals surface area contributed by atoms with Crippen molar-refractivity contribution in [1.82, 2.24) is 0 Å². The number of thiophene rings is 1. The van der Waals surface area contributed by atoms with Crippen molar-refractivity contribution in [3.8, 4) is 0 Å². The van der Waals surface area contributed by atoms with Gasteiger partial charge in [0.25, 0.3) is 10.0 Å². The highest BCUT2D eigenvalue weighted by molar-refractivity contribution is 7.92. The molecule has 160 valence electrons. The van der Waals surface area contributed by atoms with Gasteiger partial charge in [-0.3, -0.25) is 14.4 Å². The average Bonchev–Trinajstić information content (AvgIpc) is 3.36. The minimum Gasteiger partial charge on any atom is -0.457 e. The maximum absolute atomic E-state index is 13.3. The summed E-state index contributed by atoms with van der Waals surface area (Å²) in [7, 11) is -3.88. The summed E-state index contributed by atoms with van der Waals surface area (Å²) >= 11 is 0.944. The first-order valence-electron chi connectivity index (χ1n) is 9.38. The fourth-order valence-corrected chi connectivity index (χ4v) is 6.02. The molecular weight excluding hydrogens is 440 g/mol. The van der Waals surface area contributed by atoms with Crippen LogP contribution in [0.2, 0.25) is 0 Å². The van der Waals surface area contributed by atoms with Crippen molar-refractivity contribution < 1.29 is 22.9 Å². The Balaban J connectivity index is 1.55. The molecule has 3 aromatic rings. The molecule has 0 saturated heterocycles. The molecule has 1 aliphatic rings. The van der Waals surface area contributed by atoms with Crippen LogP contribution in [0.25, 0.3) is 0 Å². The number of sulfonamides is 1. The Hall–Kier alpha value is -3.24. The van der Waals surface area contributed by atoms with Gasteiger partial charge in [0.05, 0.1) is 21.1 Å². The number of hydrogen-bond acceptors (Lipinski definition) is 7. The summed E-state index contributed by atoms with van der Waals surface area (Å²) in [4.78, 5) is 22.7.